The molecule has 0 aromatic carbocycles. The second-order valence-corrected chi connectivity index (χ2v) is 4.96. The summed E-state index contributed by atoms with van der Waals surface area (Å²) in [5.41, 5.74) is 6.80. The monoisotopic (exact) mass is 230 g/mol. The molecule has 0 saturated carbocycles. The summed E-state index contributed by atoms with van der Waals surface area (Å²) in [6.07, 6.45) is 3.10. The molecule has 6 nitrogen and oxygen atoms in total. The fourth-order valence-electron chi connectivity index (χ4n) is 0.990. The van der Waals surface area contributed by atoms with Gasteiger partial charge in [0.05, 0.1) is 23.3 Å². The second kappa shape index (κ2) is 4.94. The first kappa shape index (κ1) is 11.7. The third-order valence-corrected chi connectivity index (χ3v) is 3.21. The van der Waals surface area contributed by atoms with Crippen molar-refractivity contribution < 1.29 is 8.42 Å². The number of nitrogens with one attached hydrogen (secondary N) is 2. The molecule has 1 aromatic heterocycles. The zero-order valence-corrected chi connectivity index (χ0v) is 9.21. The molecule has 84 valence electrons. The number of anilines is 2. The lowest BCUT2D eigenvalue weighted by molar-refractivity contribution is 0.588. The average Bonchev–Trinajstić information content (AvgIpc) is 2.21. The van der Waals surface area contributed by atoms with Gasteiger partial charge in [-0.3, -0.25) is 4.98 Å². The highest BCUT2D eigenvalue weighted by molar-refractivity contribution is 7.89. The molecule has 0 unspecified atom stereocenters. The Balaban J connectivity index is 2.49. The van der Waals surface area contributed by atoms with Crippen molar-refractivity contribution in [1.82, 2.24) is 9.71 Å². The van der Waals surface area contributed by atoms with Crippen LogP contribution < -0.4 is 15.8 Å². The van der Waals surface area contributed by atoms with E-state index < -0.39 is 10.0 Å². The average molecular weight is 230 g/mol. The Morgan fingerprint density at radius 1 is 1.53 bits per heavy atom. The lowest BCUT2D eigenvalue weighted by atomic mass is 10.3. The number of pyridine rings is 1. The van der Waals surface area contributed by atoms with Crippen LogP contribution in [-0.2, 0) is 10.0 Å². The van der Waals surface area contributed by atoms with E-state index in [-0.39, 0.29) is 5.75 Å². The van der Waals surface area contributed by atoms with Crippen LogP contribution in [0, 0.1) is 0 Å². The third-order valence-electron chi connectivity index (χ3n) is 1.85. The highest BCUT2D eigenvalue weighted by Crippen LogP contribution is 2.14. The summed E-state index contributed by atoms with van der Waals surface area (Å²) < 4.78 is 24.4. The minimum absolute atomic E-state index is 0.00522. The van der Waals surface area contributed by atoms with Crippen molar-refractivity contribution in [3.63, 3.8) is 0 Å². The molecule has 15 heavy (non-hydrogen) atoms. The Hall–Kier alpha value is -1.34. The number of rotatable bonds is 5. The van der Waals surface area contributed by atoms with E-state index in [0.717, 1.165) is 0 Å². The van der Waals surface area contributed by atoms with E-state index in [2.05, 4.69) is 15.0 Å². The number of sulfonamides is 1. The number of hydrogen-bond donors (Lipinski definition) is 3. The number of nitrogen functional groups attached to an aromatic ring is 1. The number of hydrogen-bond acceptors (Lipinski definition) is 5. The summed E-state index contributed by atoms with van der Waals surface area (Å²) in [4.78, 5) is 3.82. The molecule has 0 radical (unpaired) electrons. The van der Waals surface area contributed by atoms with Gasteiger partial charge in [-0.2, -0.15) is 0 Å². The molecule has 1 aromatic rings. The fraction of sp³-hybridized carbons (Fsp3) is 0.375. The van der Waals surface area contributed by atoms with Crippen LogP contribution in [0.5, 0.6) is 0 Å². The summed E-state index contributed by atoms with van der Waals surface area (Å²) in [7, 11) is -1.79. The van der Waals surface area contributed by atoms with Crippen LogP contribution in [0.2, 0.25) is 0 Å². The van der Waals surface area contributed by atoms with Gasteiger partial charge in [0.2, 0.25) is 10.0 Å². The predicted molar refractivity (Wildman–Crippen MR) is 60.0 cm³/mol. The van der Waals surface area contributed by atoms with Crippen molar-refractivity contribution in [3.8, 4) is 0 Å². The van der Waals surface area contributed by atoms with Crippen molar-refractivity contribution in [2.75, 3.05) is 30.4 Å². The summed E-state index contributed by atoms with van der Waals surface area (Å²) in [6, 6.07) is 1.70. The molecule has 4 N–H and O–H groups in total. The maximum absolute atomic E-state index is 11.1. The van der Waals surface area contributed by atoms with Gasteiger partial charge >= 0.3 is 0 Å². The van der Waals surface area contributed by atoms with Crippen molar-refractivity contribution >= 4 is 21.4 Å². The summed E-state index contributed by atoms with van der Waals surface area (Å²) in [5.74, 6) is 0.00522. The highest BCUT2D eigenvalue weighted by atomic mass is 32.2. The molecule has 0 bridgehead atoms. The third kappa shape index (κ3) is 3.72. The van der Waals surface area contributed by atoms with Gasteiger partial charge in [-0.25, -0.2) is 13.1 Å². The first-order valence-electron chi connectivity index (χ1n) is 4.40. The number of nitrogens with zero attached hydrogens (tertiary/aromatic N) is 1. The lowest BCUT2D eigenvalue weighted by Gasteiger charge is -2.08. The quantitative estimate of drug-likeness (QED) is 0.641. The van der Waals surface area contributed by atoms with E-state index in [1.54, 1.807) is 12.3 Å². The Bertz CT molecular complexity index is 418. The molecule has 0 amide bonds. The molecule has 1 rings (SSSR count). The van der Waals surface area contributed by atoms with E-state index in [4.69, 9.17) is 5.73 Å². The van der Waals surface area contributed by atoms with E-state index in [0.29, 0.717) is 17.9 Å². The van der Waals surface area contributed by atoms with Crippen LogP contribution in [-0.4, -0.2) is 32.7 Å². The van der Waals surface area contributed by atoms with Crippen LogP contribution in [0.4, 0.5) is 11.4 Å². The maximum Gasteiger partial charge on any atom is 0.213 e. The molecular formula is C8H14N4O2S. The van der Waals surface area contributed by atoms with Crippen LogP contribution in [0.15, 0.2) is 18.5 Å². The van der Waals surface area contributed by atoms with Crippen LogP contribution in [0.3, 0.4) is 0 Å². The van der Waals surface area contributed by atoms with Gasteiger partial charge in [-0.15, -0.1) is 0 Å². The fourth-order valence-corrected chi connectivity index (χ4v) is 1.56. The summed E-state index contributed by atoms with van der Waals surface area (Å²) in [6.45, 7) is 0.303. The largest absolute Gasteiger partial charge is 0.396 e. The Morgan fingerprint density at radius 3 is 2.87 bits per heavy atom. The van der Waals surface area contributed by atoms with Gasteiger partial charge in [0, 0.05) is 12.7 Å². The zero-order chi connectivity index (χ0) is 11.3. The molecule has 0 aliphatic carbocycles. The van der Waals surface area contributed by atoms with Gasteiger partial charge in [-0.05, 0) is 13.1 Å². The molecular weight excluding hydrogens is 216 g/mol. The molecule has 1 heterocycles. The highest BCUT2D eigenvalue weighted by Gasteiger charge is 2.06. The lowest BCUT2D eigenvalue weighted by Crippen LogP contribution is -2.26. The van der Waals surface area contributed by atoms with E-state index in [1.807, 2.05) is 0 Å². The normalized spacial score (nSPS) is 11.3. The Kier molecular flexibility index (Phi) is 3.87. The van der Waals surface area contributed by atoms with Crippen molar-refractivity contribution in [2.45, 2.75) is 0 Å². The Morgan fingerprint density at radius 2 is 2.27 bits per heavy atom. The SMILES string of the molecule is CNS(=O)(=O)CCNc1ccncc1N. The van der Waals surface area contributed by atoms with Crippen molar-refractivity contribution in [3.05, 3.63) is 18.5 Å². The molecule has 0 fully saturated rings. The smallest absolute Gasteiger partial charge is 0.213 e. The number of nitrogens with two attached hydrogens (primary N) is 1. The topological polar surface area (TPSA) is 97.1 Å². The summed E-state index contributed by atoms with van der Waals surface area (Å²) in [5, 5.41) is 2.92. The predicted octanol–water partition coefficient (Wildman–Crippen LogP) is -0.375. The van der Waals surface area contributed by atoms with Gasteiger partial charge in [0.15, 0.2) is 0 Å². The van der Waals surface area contributed by atoms with Crippen molar-refractivity contribution in [1.29, 1.82) is 0 Å². The molecule has 0 aliphatic rings. The van der Waals surface area contributed by atoms with Gasteiger partial charge in [0.1, 0.15) is 0 Å². The maximum atomic E-state index is 11.1. The molecule has 7 heteroatoms. The first-order chi connectivity index (χ1) is 7.05. The van der Waals surface area contributed by atoms with E-state index >= 15 is 0 Å². The minimum Gasteiger partial charge on any atom is -0.396 e. The van der Waals surface area contributed by atoms with Gasteiger partial charge in [-0.1, -0.05) is 0 Å². The second-order valence-electron chi connectivity index (χ2n) is 2.91. The van der Waals surface area contributed by atoms with Gasteiger partial charge < -0.3 is 11.1 Å². The van der Waals surface area contributed by atoms with Crippen LogP contribution in [0.25, 0.3) is 0 Å². The molecule has 0 atom stereocenters. The minimum atomic E-state index is -3.17. The van der Waals surface area contributed by atoms with Crippen LogP contribution >= 0.6 is 0 Å². The molecule has 0 saturated heterocycles. The summed E-state index contributed by atoms with van der Waals surface area (Å²) >= 11 is 0. The molecule has 0 spiro atoms. The first-order valence-corrected chi connectivity index (χ1v) is 6.05. The van der Waals surface area contributed by atoms with E-state index in [1.165, 1.54) is 13.2 Å². The van der Waals surface area contributed by atoms with Gasteiger partial charge in [0.25, 0.3) is 0 Å². The van der Waals surface area contributed by atoms with Crippen LogP contribution in [0.1, 0.15) is 0 Å². The number of aromatic nitrogens is 1. The zero-order valence-electron chi connectivity index (χ0n) is 8.40. The molecule has 0 aliphatic heterocycles. The van der Waals surface area contributed by atoms with Crippen molar-refractivity contribution in [2.24, 2.45) is 0 Å². The van der Waals surface area contributed by atoms with E-state index in [9.17, 15) is 8.42 Å². The Labute approximate surface area is 88.9 Å². The standard InChI is InChI=1S/C8H14N4O2S/c1-10-15(13,14)5-4-12-8-2-3-11-6-7(8)9/h2-3,6,10H,4-5,9H2,1H3,(H,11,12).